The van der Waals surface area contributed by atoms with Crippen molar-refractivity contribution in [1.82, 2.24) is 4.90 Å². The zero-order valence-electron chi connectivity index (χ0n) is 17.0. The number of benzene rings is 2. The Morgan fingerprint density at radius 3 is 2.47 bits per heavy atom. The van der Waals surface area contributed by atoms with Crippen molar-refractivity contribution < 1.29 is 15.0 Å². The van der Waals surface area contributed by atoms with Crippen LogP contribution in [0.1, 0.15) is 28.8 Å². The molecule has 0 amide bonds. The molecule has 3 rings (SSSR count). The number of carboxylic acids is 1. The summed E-state index contributed by atoms with van der Waals surface area (Å²) < 4.78 is 0. The minimum absolute atomic E-state index is 0.146. The van der Waals surface area contributed by atoms with Gasteiger partial charge in [0.25, 0.3) is 0 Å². The number of hydrogen-bond acceptors (Lipinski definition) is 4. The molecule has 0 aromatic heterocycles. The van der Waals surface area contributed by atoms with Crippen molar-refractivity contribution in [2.24, 2.45) is 0 Å². The second kappa shape index (κ2) is 9.48. The van der Waals surface area contributed by atoms with Crippen molar-refractivity contribution in [3.63, 3.8) is 0 Å². The summed E-state index contributed by atoms with van der Waals surface area (Å²) in [7, 11) is 1.86. The summed E-state index contributed by atoms with van der Waals surface area (Å²) in [6.07, 6.45) is 2.25. The highest BCUT2D eigenvalue weighted by Crippen LogP contribution is 2.30. The van der Waals surface area contributed by atoms with Crippen LogP contribution in [0.5, 0.6) is 0 Å². The van der Waals surface area contributed by atoms with E-state index in [-0.39, 0.29) is 5.56 Å². The van der Waals surface area contributed by atoms with Crippen molar-refractivity contribution in [2.45, 2.75) is 24.9 Å². The molecular weight excluding hydrogens is 402 g/mol. The predicted molar refractivity (Wildman–Crippen MR) is 119 cm³/mol. The molecule has 0 saturated carbocycles. The average molecular weight is 428 g/mol. The van der Waals surface area contributed by atoms with Gasteiger partial charge in [-0.3, -0.25) is 0 Å². The number of carboxylic acid groups (broad SMARTS) is 1. The fraction of sp³-hybridized carbons (Fsp3) is 0.391. The first kappa shape index (κ1) is 22.1. The molecule has 1 aliphatic heterocycles. The molecule has 1 aliphatic rings. The molecular formula is C23H26ClN3O3. The topological polar surface area (TPSA) is 68.4 Å². The summed E-state index contributed by atoms with van der Waals surface area (Å²) in [5, 5.41) is 20.5. The normalized spacial score (nSPS) is 16.1. The van der Waals surface area contributed by atoms with Crippen LogP contribution in [0.4, 0.5) is 11.4 Å². The molecule has 1 fully saturated rings. The highest BCUT2D eigenvalue weighted by Gasteiger charge is 2.33. The third-order valence-electron chi connectivity index (χ3n) is 5.71. The number of halogens is 1. The van der Waals surface area contributed by atoms with E-state index in [1.165, 1.54) is 17.7 Å². The molecule has 1 saturated heterocycles. The summed E-state index contributed by atoms with van der Waals surface area (Å²) >= 11 is 6.26. The van der Waals surface area contributed by atoms with Gasteiger partial charge in [0.2, 0.25) is 0 Å². The highest BCUT2D eigenvalue weighted by atomic mass is 35.5. The maximum Gasteiger partial charge on any atom is 0.335 e. The maximum absolute atomic E-state index is 11.1. The lowest BCUT2D eigenvalue weighted by molar-refractivity contribution is -0.0137. The number of likely N-dealkylation sites (tertiary alicyclic amines) is 1. The largest absolute Gasteiger partial charge is 0.478 e. The average Bonchev–Trinajstić information content (AvgIpc) is 2.73. The van der Waals surface area contributed by atoms with Crippen LogP contribution >= 0.6 is 11.6 Å². The quantitative estimate of drug-likeness (QED) is 0.651. The SMILES string of the molecule is [C-]#[N+]c1ccc(CCN2CCC(O)(CN(C)c3ccc(C(=O)O)cc3Cl)CC2)cc1. The van der Waals surface area contributed by atoms with Crippen molar-refractivity contribution >= 4 is 28.9 Å². The molecule has 0 radical (unpaired) electrons. The van der Waals surface area contributed by atoms with Crippen LogP contribution in [-0.4, -0.2) is 59.9 Å². The Labute approximate surface area is 182 Å². The molecule has 0 atom stereocenters. The second-order valence-electron chi connectivity index (χ2n) is 7.92. The molecule has 0 spiro atoms. The van der Waals surface area contributed by atoms with Crippen molar-refractivity contribution in [3.8, 4) is 0 Å². The minimum Gasteiger partial charge on any atom is -0.478 e. The zero-order valence-corrected chi connectivity index (χ0v) is 17.8. The number of rotatable bonds is 7. The van der Waals surface area contributed by atoms with Gasteiger partial charge >= 0.3 is 5.97 Å². The molecule has 2 N–H and O–H groups in total. The van der Waals surface area contributed by atoms with Crippen LogP contribution in [0.25, 0.3) is 4.85 Å². The van der Waals surface area contributed by atoms with Gasteiger partial charge in [0.15, 0.2) is 5.69 Å². The Morgan fingerprint density at radius 2 is 1.90 bits per heavy atom. The van der Waals surface area contributed by atoms with Crippen LogP contribution in [0, 0.1) is 6.57 Å². The van der Waals surface area contributed by atoms with Gasteiger partial charge in [-0.1, -0.05) is 35.9 Å². The van der Waals surface area contributed by atoms with Crippen LogP contribution in [0.15, 0.2) is 42.5 Å². The lowest BCUT2D eigenvalue weighted by atomic mass is 9.90. The summed E-state index contributed by atoms with van der Waals surface area (Å²) in [6.45, 7) is 10.0. The molecule has 2 aromatic carbocycles. The summed E-state index contributed by atoms with van der Waals surface area (Å²) in [5.74, 6) is -1.01. The fourth-order valence-corrected chi connectivity index (χ4v) is 4.18. The lowest BCUT2D eigenvalue weighted by Crippen LogP contribution is -2.50. The van der Waals surface area contributed by atoms with Crippen molar-refractivity contribution in [2.75, 3.05) is 38.1 Å². The predicted octanol–water partition coefficient (Wildman–Crippen LogP) is 4.09. The van der Waals surface area contributed by atoms with E-state index in [4.69, 9.17) is 23.3 Å². The molecule has 6 nitrogen and oxygen atoms in total. The van der Waals surface area contributed by atoms with Gasteiger partial charge in [-0.25, -0.2) is 9.64 Å². The molecule has 0 unspecified atom stereocenters. The fourth-order valence-electron chi connectivity index (χ4n) is 3.85. The van der Waals surface area contributed by atoms with E-state index in [0.29, 0.717) is 35.8 Å². The number of aliphatic hydroxyl groups is 1. The van der Waals surface area contributed by atoms with Crippen molar-refractivity contribution in [1.29, 1.82) is 0 Å². The number of hydrogen-bond donors (Lipinski definition) is 2. The molecule has 158 valence electrons. The number of anilines is 1. The molecule has 1 heterocycles. The molecule has 0 bridgehead atoms. The van der Waals surface area contributed by atoms with Crippen LogP contribution in [0.3, 0.4) is 0 Å². The summed E-state index contributed by atoms with van der Waals surface area (Å²) in [4.78, 5) is 18.7. The molecule has 2 aromatic rings. The zero-order chi connectivity index (χ0) is 21.7. The summed E-state index contributed by atoms with van der Waals surface area (Å²) in [6, 6.07) is 12.3. The number of piperidine rings is 1. The molecule has 30 heavy (non-hydrogen) atoms. The lowest BCUT2D eigenvalue weighted by Gasteiger charge is -2.40. The monoisotopic (exact) mass is 427 g/mol. The number of aromatic carboxylic acids is 1. The number of carbonyl (C=O) groups is 1. The second-order valence-corrected chi connectivity index (χ2v) is 8.33. The molecule has 7 heteroatoms. The van der Waals surface area contributed by atoms with Crippen LogP contribution in [-0.2, 0) is 6.42 Å². The maximum atomic E-state index is 11.1. The Morgan fingerprint density at radius 1 is 1.23 bits per heavy atom. The van der Waals surface area contributed by atoms with Gasteiger partial charge in [0.1, 0.15) is 0 Å². The van der Waals surface area contributed by atoms with E-state index in [2.05, 4.69) is 9.74 Å². The van der Waals surface area contributed by atoms with Gasteiger partial charge in [-0.05, 0) is 43.0 Å². The number of likely N-dealkylation sites (N-methyl/N-ethyl adjacent to an activating group) is 1. The van der Waals surface area contributed by atoms with E-state index in [1.807, 2.05) is 36.2 Å². The van der Waals surface area contributed by atoms with E-state index >= 15 is 0 Å². The van der Waals surface area contributed by atoms with Gasteiger partial charge < -0.3 is 20.0 Å². The Hall–Kier alpha value is -2.59. The van der Waals surface area contributed by atoms with Gasteiger partial charge in [0.05, 0.1) is 28.4 Å². The Kier molecular flexibility index (Phi) is 6.99. The van der Waals surface area contributed by atoms with Gasteiger partial charge in [-0.2, -0.15) is 0 Å². The first-order chi connectivity index (χ1) is 14.3. The van der Waals surface area contributed by atoms with E-state index in [0.717, 1.165) is 26.1 Å². The smallest absolute Gasteiger partial charge is 0.335 e. The Balaban J connectivity index is 1.51. The van der Waals surface area contributed by atoms with E-state index in [1.54, 1.807) is 6.07 Å². The molecule has 0 aliphatic carbocycles. The van der Waals surface area contributed by atoms with Gasteiger partial charge in [0, 0.05) is 33.2 Å². The van der Waals surface area contributed by atoms with Crippen molar-refractivity contribution in [3.05, 3.63) is 70.0 Å². The first-order valence-electron chi connectivity index (χ1n) is 9.95. The third-order valence-corrected chi connectivity index (χ3v) is 6.01. The van der Waals surface area contributed by atoms with E-state index < -0.39 is 11.6 Å². The summed E-state index contributed by atoms with van der Waals surface area (Å²) in [5.41, 5.74) is 1.91. The highest BCUT2D eigenvalue weighted by molar-refractivity contribution is 6.33. The number of nitrogens with zero attached hydrogens (tertiary/aromatic N) is 3. The van der Waals surface area contributed by atoms with Gasteiger partial charge in [-0.15, -0.1) is 0 Å². The minimum atomic E-state index is -1.01. The first-order valence-corrected chi connectivity index (χ1v) is 10.3. The Bertz CT molecular complexity index is 932. The van der Waals surface area contributed by atoms with Crippen LogP contribution < -0.4 is 4.90 Å². The standard InChI is InChI=1S/C23H26ClN3O3/c1-25-19-6-3-17(4-7-19)9-12-27-13-10-23(30,11-14-27)16-26(2)21-8-5-18(22(28)29)15-20(21)24/h3-8,15,30H,9-14,16H2,2H3,(H,28,29). The third kappa shape index (κ3) is 5.51. The van der Waals surface area contributed by atoms with E-state index in [9.17, 15) is 9.90 Å². The van der Waals surface area contributed by atoms with Crippen LogP contribution in [0.2, 0.25) is 5.02 Å².